The molecule has 0 bridgehead atoms. The van der Waals surface area contributed by atoms with Crippen molar-refractivity contribution < 1.29 is 19.7 Å². The Labute approximate surface area is 239 Å². The van der Waals surface area contributed by atoms with Crippen LogP contribution in [0.4, 0.5) is 0 Å². The highest BCUT2D eigenvalue weighted by molar-refractivity contribution is 5.92. The zero-order chi connectivity index (χ0) is 28.1. The Bertz CT molecular complexity index is 1780. The van der Waals surface area contributed by atoms with Crippen molar-refractivity contribution in [2.75, 3.05) is 0 Å². The van der Waals surface area contributed by atoms with Gasteiger partial charge in [-0.2, -0.15) is 0 Å². The van der Waals surface area contributed by atoms with Gasteiger partial charge in [0.1, 0.15) is 11.5 Å². The lowest BCUT2D eigenvalue weighted by Crippen LogP contribution is -2.28. The van der Waals surface area contributed by atoms with Crippen LogP contribution in [0.25, 0.3) is 32.7 Å². The number of aliphatic hydroxyl groups excluding tert-OH is 2. The fraction of sp³-hybridized carbons (Fsp3) is 0.135. The highest BCUT2D eigenvalue weighted by atomic mass is 16.6. The highest BCUT2D eigenvalue weighted by Crippen LogP contribution is 2.56. The van der Waals surface area contributed by atoms with E-state index in [0.717, 1.165) is 21.5 Å². The molecule has 1 aliphatic carbocycles. The predicted molar refractivity (Wildman–Crippen MR) is 163 cm³/mol. The Morgan fingerprint density at radius 1 is 0.488 bits per heavy atom. The number of fused-ring (bicyclic) bond motifs is 5. The lowest BCUT2D eigenvalue weighted by molar-refractivity contribution is -0.000776. The van der Waals surface area contributed by atoms with Crippen molar-refractivity contribution in [3.05, 3.63) is 144 Å². The third-order valence-electron chi connectivity index (χ3n) is 8.06. The smallest absolute Gasteiger partial charge is 0.194 e. The number of hydrogen-bond donors (Lipinski definition) is 2. The van der Waals surface area contributed by atoms with Gasteiger partial charge in [-0.1, -0.05) is 84.9 Å². The normalized spacial score (nSPS) is 14.8. The zero-order valence-electron chi connectivity index (χ0n) is 22.9. The zero-order valence-corrected chi connectivity index (χ0v) is 22.9. The molecule has 2 unspecified atom stereocenters. The van der Waals surface area contributed by atoms with E-state index >= 15 is 0 Å². The molecule has 4 heteroatoms. The molecular weight excluding hydrogens is 508 g/mol. The van der Waals surface area contributed by atoms with Crippen molar-refractivity contribution >= 4 is 21.5 Å². The Balaban J connectivity index is 1.49. The predicted octanol–water partition coefficient (Wildman–Crippen LogP) is 7.79. The first kappa shape index (κ1) is 25.3. The molecule has 0 radical (unpaired) electrons. The van der Waals surface area contributed by atoms with E-state index in [1.807, 2.05) is 24.3 Å². The first-order chi connectivity index (χ1) is 19.9. The second kappa shape index (κ2) is 9.77. The second-order valence-electron chi connectivity index (χ2n) is 10.7. The van der Waals surface area contributed by atoms with Crippen LogP contribution in [0, 0.1) is 0 Å². The molecule has 4 nitrogen and oxygen atoms in total. The number of rotatable bonds is 6. The van der Waals surface area contributed by atoms with Gasteiger partial charge >= 0.3 is 0 Å². The molecule has 0 amide bonds. The molecule has 0 aromatic heterocycles. The summed E-state index contributed by atoms with van der Waals surface area (Å²) < 4.78 is 11.1. The SMILES string of the molecule is CC(O)Oc1ccc2cc(C3(c4ccc5cc(OC(C)O)ccc5c4)c4ccccc4-c4ccccc43)ccc2c1. The standard InChI is InChI=1S/C37H30O4/c1-23(38)40-31-17-13-25-19-29(15-11-27(25)21-31)37(35-9-5-3-7-33(35)34-8-4-6-10-36(34)37)30-16-12-28-22-32(41-24(2)39)18-14-26(28)20-30/h3-24,38-39H,1-2H3. The van der Waals surface area contributed by atoms with Gasteiger partial charge in [-0.15, -0.1) is 0 Å². The summed E-state index contributed by atoms with van der Waals surface area (Å²) in [6.45, 7) is 3.22. The molecule has 202 valence electrons. The van der Waals surface area contributed by atoms with E-state index in [2.05, 4.69) is 97.1 Å². The molecule has 1 aliphatic rings. The molecule has 0 heterocycles. The molecule has 41 heavy (non-hydrogen) atoms. The van der Waals surface area contributed by atoms with Crippen LogP contribution in [0.3, 0.4) is 0 Å². The minimum atomic E-state index is -0.871. The quantitative estimate of drug-likeness (QED) is 0.212. The molecular formula is C37H30O4. The summed E-state index contributed by atoms with van der Waals surface area (Å²) in [5.74, 6) is 1.28. The molecule has 0 fully saturated rings. The van der Waals surface area contributed by atoms with Gasteiger partial charge in [0.2, 0.25) is 0 Å². The van der Waals surface area contributed by atoms with Crippen LogP contribution in [0.5, 0.6) is 11.5 Å². The fourth-order valence-electron chi connectivity index (χ4n) is 6.48. The summed E-state index contributed by atoms with van der Waals surface area (Å²) in [6.07, 6.45) is -1.74. The first-order valence-electron chi connectivity index (χ1n) is 13.9. The summed E-state index contributed by atoms with van der Waals surface area (Å²) in [6, 6.07) is 42.6. The maximum absolute atomic E-state index is 9.70. The van der Waals surface area contributed by atoms with Crippen molar-refractivity contribution in [3.63, 3.8) is 0 Å². The van der Waals surface area contributed by atoms with E-state index in [-0.39, 0.29) is 0 Å². The van der Waals surface area contributed by atoms with Crippen molar-refractivity contribution in [1.29, 1.82) is 0 Å². The van der Waals surface area contributed by atoms with Crippen LogP contribution in [0.15, 0.2) is 121 Å². The Morgan fingerprint density at radius 3 is 1.32 bits per heavy atom. The summed E-state index contributed by atoms with van der Waals surface area (Å²) in [5.41, 5.74) is 6.82. The Kier molecular flexibility index (Phi) is 6.04. The minimum Gasteiger partial charge on any atom is -0.465 e. The molecule has 7 rings (SSSR count). The lowest BCUT2D eigenvalue weighted by Gasteiger charge is -2.34. The van der Waals surface area contributed by atoms with Gasteiger partial charge in [0.05, 0.1) is 5.41 Å². The van der Waals surface area contributed by atoms with Crippen molar-refractivity contribution in [3.8, 4) is 22.6 Å². The lowest BCUT2D eigenvalue weighted by atomic mass is 9.67. The van der Waals surface area contributed by atoms with E-state index in [4.69, 9.17) is 9.47 Å². The van der Waals surface area contributed by atoms with Crippen molar-refractivity contribution in [2.24, 2.45) is 0 Å². The monoisotopic (exact) mass is 538 g/mol. The topological polar surface area (TPSA) is 58.9 Å². The van der Waals surface area contributed by atoms with Crippen molar-refractivity contribution in [2.45, 2.75) is 31.8 Å². The summed E-state index contributed by atoms with van der Waals surface area (Å²) in [5, 5.41) is 23.7. The van der Waals surface area contributed by atoms with Gasteiger partial charge in [-0.3, -0.25) is 0 Å². The maximum atomic E-state index is 9.70. The molecule has 2 N–H and O–H groups in total. The van der Waals surface area contributed by atoms with Crippen LogP contribution in [0.2, 0.25) is 0 Å². The summed E-state index contributed by atoms with van der Waals surface area (Å²) >= 11 is 0. The first-order valence-corrected chi connectivity index (χ1v) is 13.9. The van der Waals surface area contributed by atoms with Gasteiger partial charge in [-0.05, 0) is 105 Å². The van der Waals surface area contributed by atoms with Crippen LogP contribution >= 0.6 is 0 Å². The van der Waals surface area contributed by atoms with E-state index in [0.29, 0.717) is 11.5 Å². The second-order valence-corrected chi connectivity index (χ2v) is 10.7. The minimum absolute atomic E-state index is 0.529. The van der Waals surface area contributed by atoms with Crippen LogP contribution in [0.1, 0.15) is 36.1 Å². The third-order valence-corrected chi connectivity index (χ3v) is 8.06. The van der Waals surface area contributed by atoms with Gasteiger partial charge in [0.15, 0.2) is 12.6 Å². The van der Waals surface area contributed by atoms with Crippen molar-refractivity contribution in [1.82, 2.24) is 0 Å². The number of aliphatic hydroxyl groups is 2. The summed E-state index contributed by atoms with van der Waals surface area (Å²) in [7, 11) is 0. The van der Waals surface area contributed by atoms with E-state index < -0.39 is 18.0 Å². The molecule has 0 spiro atoms. The summed E-state index contributed by atoms with van der Waals surface area (Å²) in [4.78, 5) is 0. The van der Waals surface area contributed by atoms with E-state index in [1.54, 1.807) is 13.8 Å². The molecule has 6 aromatic carbocycles. The fourth-order valence-corrected chi connectivity index (χ4v) is 6.48. The van der Waals surface area contributed by atoms with Crippen LogP contribution < -0.4 is 9.47 Å². The molecule has 2 atom stereocenters. The molecule has 0 saturated heterocycles. The van der Waals surface area contributed by atoms with Crippen LogP contribution in [-0.4, -0.2) is 22.8 Å². The van der Waals surface area contributed by atoms with Gasteiger partial charge in [-0.25, -0.2) is 0 Å². The molecule has 0 saturated carbocycles. The average molecular weight is 539 g/mol. The third kappa shape index (κ3) is 4.15. The van der Waals surface area contributed by atoms with Crippen LogP contribution in [-0.2, 0) is 5.41 Å². The number of ether oxygens (including phenoxy) is 2. The number of hydrogen-bond acceptors (Lipinski definition) is 4. The molecule has 0 aliphatic heterocycles. The van der Waals surface area contributed by atoms with Gasteiger partial charge in [0.25, 0.3) is 0 Å². The largest absolute Gasteiger partial charge is 0.465 e. The van der Waals surface area contributed by atoms with Gasteiger partial charge in [0, 0.05) is 0 Å². The Hall–Kier alpha value is -4.64. The van der Waals surface area contributed by atoms with E-state index in [1.165, 1.54) is 33.4 Å². The maximum Gasteiger partial charge on any atom is 0.194 e. The van der Waals surface area contributed by atoms with Gasteiger partial charge < -0.3 is 19.7 Å². The average Bonchev–Trinajstić information content (AvgIpc) is 3.27. The number of benzene rings is 6. The Morgan fingerprint density at radius 2 is 0.878 bits per heavy atom. The van der Waals surface area contributed by atoms with E-state index in [9.17, 15) is 10.2 Å². The highest BCUT2D eigenvalue weighted by Gasteiger charge is 2.46. The molecule has 6 aromatic rings.